The van der Waals surface area contributed by atoms with E-state index in [4.69, 9.17) is 9.72 Å². The van der Waals surface area contributed by atoms with E-state index in [2.05, 4.69) is 59.1 Å². The lowest BCUT2D eigenvalue weighted by molar-refractivity contribution is 0.414. The predicted octanol–water partition coefficient (Wildman–Crippen LogP) is 4.25. The summed E-state index contributed by atoms with van der Waals surface area (Å²) in [4.78, 5) is 29.7. The molecular weight excluding hydrogens is 511 g/mol. The van der Waals surface area contributed by atoms with E-state index < -0.39 is 0 Å². The molecule has 3 heterocycles. The first-order valence-electron chi connectivity index (χ1n) is 11.1. The fourth-order valence-electron chi connectivity index (χ4n) is 4.21. The Balaban J connectivity index is 0.00000204. The number of ether oxygens (including phenoxy) is 1. The lowest BCUT2D eigenvalue weighted by Crippen LogP contribution is -2.34. The number of halogens is 3. The van der Waals surface area contributed by atoms with Gasteiger partial charge in [-0.1, -0.05) is 13.8 Å². The molecule has 0 atom stereocenters. The van der Waals surface area contributed by atoms with Crippen molar-refractivity contribution >= 4 is 59.9 Å². The fraction of sp³-hybridized carbons (Fsp3) is 0.458. The van der Waals surface area contributed by atoms with Crippen LogP contribution in [0.1, 0.15) is 36.5 Å². The van der Waals surface area contributed by atoms with Crippen molar-refractivity contribution in [2.24, 2.45) is 0 Å². The zero-order chi connectivity index (χ0) is 22.8. The molecule has 11 heteroatoms. The van der Waals surface area contributed by atoms with Crippen LogP contribution in [0.25, 0.3) is 10.9 Å². The van der Waals surface area contributed by atoms with Crippen molar-refractivity contribution in [1.82, 2.24) is 19.9 Å². The number of hydrogen-bond acceptors (Lipinski definition) is 7. The highest BCUT2D eigenvalue weighted by Crippen LogP contribution is 2.30. The summed E-state index contributed by atoms with van der Waals surface area (Å²) in [6.07, 6.45) is 2.68. The van der Waals surface area contributed by atoms with E-state index in [9.17, 15) is 4.79 Å². The number of nitrogens with zero attached hydrogens (tertiary/aromatic N) is 4. The Morgan fingerprint density at radius 3 is 2.63 bits per heavy atom. The van der Waals surface area contributed by atoms with Gasteiger partial charge in [-0.15, -0.1) is 37.2 Å². The highest BCUT2D eigenvalue weighted by atomic mass is 35.5. The maximum Gasteiger partial charge on any atom is 0.260 e. The number of methoxy groups -OCH3 is 1. The van der Waals surface area contributed by atoms with Crippen molar-refractivity contribution in [3.8, 4) is 5.75 Å². The van der Waals surface area contributed by atoms with Gasteiger partial charge in [-0.05, 0) is 49.7 Å². The summed E-state index contributed by atoms with van der Waals surface area (Å²) in [5, 5.41) is 4.10. The summed E-state index contributed by atoms with van der Waals surface area (Å²) in [5.41, 5.74) is 3.95. The summed E-state index contributed by atoms with van der Waals surface area (Å²) in [6.45, 7) is 7.37. The van der Waals surface area contributed by atoms with Gasteiger partial charge < -0.3 is 19.9 Å². The summed E-state index contributed by atoms with van der Waals surface area (Å²) >= 11 is 0. The quantitative estimate of drug-likeness (QED) is 0.459. The molecule has 0 fully saturated rings. The van der Waals surface area contributed by atoms with Crippen LogP contribution in [0.2, 0.25) is 0 Å². The van der Waals surface area contributed by atoms with Gasteiger partial charge in [0.1, 0.15) is 11.6 Å². The van der Waals surface area contributed by atoms with Gasteiger partial charge >= 0.3 is 0 Å². The monoisotopic (exact) mass is 544 g/mol. The van der Waals surface area contributed by atoms with Crippen LogP contribution in [0, 0.1) is 0 Å². The van der Waals surface area contributed by atoms with E-state index in [0.29, 0.717) is 29.1 Å². The van der Waals surface area contributed by atoms with E-state index >= 15 is 0 Å². The molecule has 1 aromatic carbocycles. The number of rotatable bonds is 7. The van der Waals surface area contributed by atoms with Crippen LogP contribution in [-0.4, -0.2) is 60.7 Å². The van der Waals surface area contributed by atoms with Crippen LogP contribution in [-0.2, 0) is 13.0 Å². The van der Waals surface area contributed by atoms with Crippen molar-refractivity contribution in [2.75, 3.05) is 51.1 Å². The highest BCUT2D eigenvalue weighted by Gasteiger charge is 2.22. The van der Waals surface area contributed by atoms with Gasteiger partial charge in [0, 0.05) is 44.0 Å². The van der Waals surface area contributed by atoms with Crippen LogP contribution in [0.4, 0.5) is 11.8 Å². The molecule has 2 aromatic heterocycles. The minimum Gasteiger partial charge on any atom is -0.497 e. The highest BCUT2D eigenvalue weighted by molar-refractivity contribution is 5.86. The normalized spacial score (nSPS) is 12.5. The van der Waals surface area contributed by atoms with E-state index in [1.165, 1.54) is 11.1 Å². The van der Waals surface area contributed by atoms with Gasteiger partial charge in [-0.25, -0.2) is 9.97 Å². The van der Waals surface area contributed by atoms with Gasteiger partial charge in [0.15, 0.2) is 0 Å². The van der Waals surface area contributed by atoms with Crippen molar-refractivity contribution in [1.29, 1.82) is 0 Å². The molecule has 0 aliphatic carbocycles. The van der Waals surface area contributed by atoms with Gasteiger partial charge in [0.25, 0.3) is 5.56 Å². The maximum absolute atomic E-state index is 13.1. The molecule has 3 aromatic rings. The Morgan fingerprint density at radius 1 is 1.23 bits per heavy atom. The third-order valence-corrected chi connectivity index (χ3v) is 5.95. The van der Waals surface area contributed by atoms with Crippen LogP contribution in [0.5, 0.6) is 5.75 Å². The molecule has 0 saturated heterocycles. The predicted molar refractivity (Wildman–Crippen MR) is 151 cm³/mol. The van der Waals surface area contributed by atoms with E-state index in [0.717, 1.165) is 37.4 Å². The first-order chi connectivity index (χ1) is 15.4. The second kappa shape index (κ2) is 13.2. The molecule has 35 heavy (non-hydrogen) atoms. The number of anilines is 2. The number of likely N-dealkylation sites (N-methyl/N-ethyl adjacent to an activating group) is 1. The van der Waals surface area contributed by atoms with Crippen molar-refractivity contribution in [2.45, 2.75) is 32.7 Å². The van der Waals surface area contributed by atoms with Crippen molar-refractivity contribution in [3.63, 3.8) is 0 Å². The number of aromatic nitrogens is 3. The van der Waals surface area contributed by atoms with E-state index in [-0.39, 0.29) is 48.7 Å². The third-order valence-electron chi connectivity index (χ3n) is 5.95. The first kappa shape index (κ1) is 30.8. The van der Waals surface area contributed by atoms with Crippen molar-refractivity contribution < 1.29 is 4.74 Å². The topological polar surface area (TPSA) is 86.4 Å². The van der Waals surface area contributed by atoms with Gasteiger partial charge in [-0.3, -0.25) is 9.78 Å². The first-order valence-corrected chi connectivity index (χ1v) is 11.1. The summed E-state index contributed by atoms with van der Waals surface area (Å²) < 4.78 is 5.46. The molecule has 1 aliphatic heterocycles. The number of fused-ring (bicyclic) bond motifs is 2. The van der Waals surface area contributed by atoms with Crippen molar-refractivity contribution in [3.05, 3.63) is 51.4 Å². The van der Waals surface area contributed by atoms with Crippen LogP contribution >= 0.6 is 37.2 Å². The molecule has 194 valence electrons. The Morgan fingerprint density at radius 2 is 1.97 bits per heavy atom. The van der Waals surface area contributed by atoms with Gasteiger partial charge in [0.05, 0.1) is 18.0 Å². The van der Waals surface area contributed by atoms with Crippen LogP contribution in [0.3, 0.4) is 0 Å². The molecule has 2 N–H and O–H groups in total. The molecule has 0 unspecified atom stereocenters. The van der Waals surface area contributed by atoms with Gasteiger partial charge in [-0.2, -0.15) is 0 Å². The fourth-order valence-corrected chi connectivity index (χ4v) is 4.21. The average Bonchev–Trinajstić information content (AvgIpc) is 2.77. The Kier molecular flexibility index (Phi) is 11.6. The smallest absolute Gasteiger partial charge is 0.260 e. The van der Waals surface area contributed by atoms with Crippen LogP contribution < -0.4 is 20.5 Å². The lowest BCUT2D eigenvalue weighted by atomic mass is 9.98. The number of nitrogens with one attached hydrogen (secondary N) is 2. The molecule has 8 nitrogen and oxygen atoms in total. The molecule has 1 aliphatic rings. The Hall–Kier alpha value is -2.26. The number of aromatic amines is 1. The Bertz CT molecular complexity index is 1190. The third kappa shape index (κ3) is 6.70. The molecule has 4 rings (SSSR count). The number of benzene rings is 1. The second-order valence-electron chi connectivity index (χ2n) is 8.85. The molecular formula is C24H35Cl3N6O2. The molecule has 0 amide bonds. The minimum absolute atomic E-state index is 0. The van der Waals surface area contributed by atoms with Gasteiger partial charge in [0.2, 0.25) is 5.95 Å². The summed E-state index contributed by atoms with van der Waals surface area (Å²) in [5.74, 6) is 2.45. The molecule has 0 spiro atoms. The maximum atomic E-state index is 13.1. The lowest BCUT2D eigenvalue weighted by Gasteiger charge is -2.30. The van der Waals surface area contributed by atoms with E-state index in [1.807, 2.05) is 18.3 Å². The van der Waals surface area contributed by atoms with E-state index in [1.54, 1.807) is 7.11 Å². The summed E-state index contributed by atoms with van der Waals surface area (Å²) in [6, 6.07) is 5.82. The number of hydrogen-bond donors (Lipinski definition) is 2. The zero-order valence-electron chi connectivity index (χ0n) is 20.8. The molecule has 0 saturated carbocycles. The SMILES string of the molecule is COc1cc(C(C)C)c2c(=O)[nH]c(N3CCc4c(ccnc4NCCN(C)C)C3)nc2c1.Cl.Cl.Cl. The number of pyridine rings is 1. The largest absolute Gasteiger partial charge is 0.497 e. The minimum atomic E-state index is -0.108. The summed E-state index contributed by atoms with van der Waals surface area (Å²) in [7, 11) is 5.76. The van der Waals surface area contributed by atoms with Crippen LogP contribution in [0.15, 0.2) is 29.2 Å². The standard InChI is InChI=1S/C24H32N6O2.3ClH/c1-15(2)19-12-17(32-5)13-20-21(19)23(31)28-24(27-20)30-10-7-18-16(14-30)6-8-25-22(18)26-9-11-29(3)4;;;/h6,8,12-13,15H,7,9-11,14H2,1-5H3,(H,25,26)(H,27,28,31);3*1H. The average molecular weight is 546 g/mol. The zero-order valence-corrected chi connectivity index (χ0v) is 23.2. The Labute approximate surface area is 225 Å². The molecule has 0 bridgehead atoms. The number of H-pyrrole nitrogens is 1. The second-order valence-corrected chi connectivity index (χ2v) is 8.85. The molecule has 0 radical (unpaired) electrons.